The van der Waals surface area contributed by atoms with E-state index >= 15 is 0 Å². The Kier molecular flexibility index (Phi) is 2.71. The van der Waals surface area contributed by atoms with Gasteiger partial charge in [-0.25, -0.2) is 4.18 Å². The lowest BCUT2D eigenvalue weighted by molar-refractivity contribution is -0.235. The van der Waals surface area contributed by atoms with Gasteiger partial charge in [0.1, 0.15) is 18.3 Å². The van der Waals surface area contributed by atoms with Gasteiger partial charge in [-0.05, 0) is 0 Å². The minimum Gasteiger partial charge on any atom is -0.387 e. The van der Waals surface area contributed by atoms with E-state index < -0.39 is 41.1 Å². The van der Waals surface area contributed by atoms with Crippen LogP contribution < -0.4 is 0 Å². The maximum atomic E-state index is 10.5. The Morgan fingerprint density at radius 3 is 2.60 bits per heavy atom. The molecule has 0 aromatic carbocycles. The lowest BCUT2D eigenvalue weighted by Gasteiger charge is -2.33. The predicted octanol–water partition coefficient (Wildman–Crippen LogP) is -2.35. The third kappa shape index (κ3) is 2.13. The number of rotatable bonds is 2. The topological polar surface area (TPSA) is 123 Å². The van der Waals surface area contributed by atoms with Crippen LogP contribution in [0, 0.1) is 0 Å². The molecule has 0 amide bonds. The molecule has 2 aliphatic heterocycles. The van der Waals surface area contributed by atoms with Gasteiger partial charge in [0, 0.05) is 0 Å². The molecule has 0 radical (unpaired) electrons. The molecule has 2 heterocycles. The van der Waals surface area contributed by atoms with E-state index in [2.05, 4.69) is 4.18 Å². The molecule has 2 aliphatic rings. The molecule has 0 spiro atoms. The Bertz CT molecular complexity index is 339. The fourth-order valence-electron chi connectivity index (χ4n) is 1.69. The molecule has 9 heteroatoms. The first kappa shape index (κ1) is 11.2. The summed E-state index contributed by atoms with van der Waals surface area (Å²) in [5, 5.41) is 18.8. The SMILES string of the molecule is O=S(=O)(O)O[C@H]1C(O)O[C@@H]2CO[C@H]1[C@H]2O. The summed E-state index contributed by atoms with van der Waals surface area (Å²) >= 11 is 0. The highest BCUT2D eigenvalue weighted by Crippen LogP contribution is 2.31. The molecule has 0 aliphatic carbocycles. The Morgan fingerprint density at radius 2 is 2.00 bits per heavy atom. The van der Waals surface area contributed by atoms with Crippen LogP contribution in [0.2, 0.25) is 0 Å². The second kappa shape index (κ2) is 3.63. The highest BCUT2D eigenvalue weighted by Gasteiger charge is 2.52. The van der Waals surface area contributed by atoms with Gasteiger partial charge >= 0.3 is 10.4 Å². The van der Waals surface area contributed by atoms with E-state index in [1.165, 1.54) is 0 Å². The zero-order valence-corrected chi connectivity index (χ0v) is 8.20. The molecule has 2 rings (SSSR count). The average Bonchev–Trinajstić information content (AvgIpc) is 2.33. The molecule has 3 N–H and O–H groups in total. The van der Waals surface area contributed by atoms with Gasteiger partial charge in [-0.1, -0.05) is 0 Å². The molecule has 0 aromatic rings. The summed E-state index contributed by atoms with van der Waals surface area (Å²) in [6.45, 7) is 0.0359. The van der Waals surface area contributed by atoms with Gasteiger partial charge in [0.25, 0.3) is 0 Å². The van der Waals surface area contributed by atoms with E-state index in [0.717, 1.165) is 0 Å². The maximum Gasteiger partial charge on any atom is 0.397 e. The number of fused-ring (bicyclic) bond motifs is 2. The van der Waals surface area contributed by atoms with Crippen molar-refractivity contribution in [2.75, 3.05) is 6.61 Å². The van der Waals surface area contributed by atoms with E-state index in [4.69, 9.17) is 14.0 Å². The van der Waals surface area contributed by atoms with E-state index in [1.807, 2.05) is 0 Å². The first-order valence-electron chi connectivity index (χ1n) is 4.17. The van der Waals surface area contributed by atoms with E-state index in [0.29, 0.717) is 0 Å². The lowest BCUT2D eigenvalue weighted by Crippen LogP contribution is -2.54. The molecule has 88 valence electrons. The Balaban J connectivity index is 2.16. The molecule has 5 atom stereocenters. The number of ether oxygens (including phenoxy) is 2. The van der Waals surface area contributed by atoms with Crippen molar-refractivity contribution in [1.29, 1.82) is 0 Å². The fourth-order valence-corrected chi connectivity index (χ4v) is 2.17. The van der Waals surface area contributed by atoms with Crippen molar-refractivity contribution in [3.63, 3.8) is 0 Å². The molecule has 0 saturated carbocycles. The van der Waals surface area contributed by atoms with E-state index in [1.54, 1.807) is 0 Å². The van der Waals surface area contributed by atoms with Crippen LogP contribution >= 0.6 is 0 Å². The van der Waals surface area contributed by atoms with Crippen molar-refractivity contribution in [3.05, 3.63) is 0 Å². The van der Waals surface area contributed by atoms with Gasteiger partial charge in [0.2, 0.25) is 0 Å². The summed E-state index contributed by atoms with van der Waals surface area (Å²) < 4.78 is 43.3. The second-order valence-electron chi connectivity index (χ2n) is 3.34. The zero-order chi connectivity index (χ0) is 11.2. The van der Waals surface area contributed by atoms with Crippen molar-refractivity contribution < 1.29 is 36.8 Å². The summed E-state index contributed by atoms with van der Waals surface area (Å²) in [7, 11) is -4.74. The van der Waals surface area contributed by atoms with Crippen molar-refractivity contribution in [2.45, 2.75) is 30.7 Å². The standard InChI is InChI=1S/C6H10O8S/c7-3-2-1-12-4(3)5(6(8)13-2)14-15(9,10)11/h2-8H,1H2,(H,9,10,11)/t2-,3+,4+,5-,6?/m1/s1. The summed E-state index contributed by atoms with van der Waals surface area (Å²) in [6.07, 6.45) is -5.84. The third-order valence-corrected chi connectivity index (χ3v) is 2.79. The number of aliphatic hydroxyl groups excluding tert-OH is 2. The summed E-state index contributed by atoms with van der Waals surface area (Å²) in [4.78, 5) is 0. The number of aliphatic hydroxyl groups is 2. The van der Waals surface area contributed by atoms with Crippen LogP contribution in [0.5, 0.6) is 0 Å². The van der Waals surface area contributed by atoms with Crippen molar-refractivity contribution in [1.82, 2.24) is 0 Å². The molecule has 2 fully saturated rings. The van der Waals surface area contributed by atoms with Gasteiger partial charge in [-0.3, -0.25) is 4.55 Å². The molecule has 2 bridgehead atoms. The van der Waals surface area contributed by atoms with Gasteiger partial charge < -0.3 is 19.7 Å². The summed E-state index contributed by atoms with van der Waals surface area (Å²) in [5.41, 5.74) is 0. The van der Waals surface area contributed by atoms with Crippen LogP contribution in [0.4, 0.5) is 0 Å². The summed E-state index contributed by atoms with van der Waals surface area (Å²) in [6, 6.07) is 0. The smallest absolute Gasteiger partial charge is 0.387 e. The third-order valence-electron chi connectivity index (χ3n) is 2.32. The van der Waals surface area contributed by atoms with Crippen molar-refractivity contribution in [2.24, 2.45) is 0 Å². The van der Waals surface area contributed by atoms with Crippen molar-refractivity contribution in [3.8, 4) is 0 Å². The van der Waals surface area contributed by atoms with Gasteiger partial charge in [0.05, 0.1) is 6.61 Å². The number of hydrogen-bond acceptors (Lipinski definition) is 7. The first-order chi connectivity index (χ1) is 6.88. The maximum absolute atomic E-state index is 10.5. The second-order valence-corrected chi connectivity index (χ2v) is 4.39. The van der Waals surface area contributed by atoms with Crippen LogP contribution in [0.15, 0.2) is 0 Å². The van der Waals surface area contributed by atoms with Crippen LogP contribution in [0.3, 0.4) is 0 Å². The average molecular weight is 242 g/mol. The minimum absolute atomic E-state index is 0.0359. The quantitative estimate of drug-likeness (QED) is 0.460. The van der Waals surface area contributed by atoms with Gasteiger partial charge in [0.15, 0.2) is 12.4 Å². The van der Waals surface area contributed by atoms with Crippen LogP contribution in [-0.4, -0.2) is 60.5 Å². The molecular formula is C6H10O8S. The Labute approximate surface area is 85.3 Å². The first-order valence-corrected chi connectivity index (χ1v) is 5.54. The van der Waals surface area contributed by atoms with E-state index in [-0.39, 0.29) is 6.61 Å². The monoisotopic (exact) mass is 242 g/mol. The summed E-state index contributed by atoms with van der Waals surface area (Å²) in [5.74, 6) is 0. The van der Waals surface area contributed by atoms with Gasteiger partial charge in [-0.15, -0.1) is 0 Å². The molecule has 15 heavy (non-hydrogen) atoms. The van der Waals surface area contributed by atoms with Gasteiger partial charge in [-0.2, -0.15) is 8.42 Å². The van der Waals surface area contributed by atoms with E-state index in [9.17, 15) is 18.6 Å². The van der Waals surface area contributed by atoms with Crippen LogP contribution in [0.1, 0.15) is 0 Å². The fraction of sp³-hybridized carbons (Fsp3) is 1.00. The molecule has 1 unspecified atom stereocenters. The molecular weight excluding hydrogens is 232 g/mol. The zero-order valence-electron chi connectivity index (χ0n) is 7.38. The normalized spacial score (nSPS) is 45.7. The lowest BCUT2D eigenvalue weighted by atomic mass is 10.0. The molecule has 8 nitrogen and oxygen atoms in total. The Morgan fingerprint density at radius 1 is 1.33 bits per heavy atom. The molecule has 2 saturated heterocycles. The highest BCUT2D eigenvalue weighted by atomic mass is 32.3. The predicted molar refractivity (Wildman–Crippen MR) is 43.0 cm³/mol. The van der Waals surface area contributed by atoms with Crippen LogP contribution in [0.25, 0.3) is 0 Å². The van der Waals surface area contributed by atoms with Crippen molar-refractivity contribution >= 4 is 10.4 Å². The number of hydrogen-bond donors (Lipinski definition) is 3. The van der Waals surface area contributed by atoms with Crippen LogP contribution in [-0.2, 0) is 24.1 Å². The molecule has 0 aromatic heterocycles. The Hall–Kier alpha value is -0.290. The largest absolute Gasteiger partial charge is 0.397 e. The minimum atomic E-state index is -4.74. The highest BCUT2D eigenvalue weighted by molar-refractivity contribution is 7.80.